The van der Waals surface area contributed by atoms with Gasteiger partial charge >= 0.3 is 11.9 Å². The van der Waals surface area contributed by atoms with Crippen LogP contribution in [0.3, 0.4) is 0 Å². The van der Waals surface area contributed by atoms with Crippen LogP contribution in [0.1, 0.15) is 29.7 Å². The van der Waals surface area contributed by atoms with Crippen molar-refractivity contribution in [2.24, 2.45) is 0 Å². The van der Waals surface area contributed by atoms with Gasteiger partial charge in [-0.05, 0) is 68.1 Å². The first-order valence-electron chi connectivity index (χ1n) is 9.79. The first kappa shape index (κ1) is 23.7. The van der Waals surface area contributed by atoms with E-state index in [1.807, 2.05) is 18.2 Å². The summed E-state index contributed by atoms with van der Waals surface area (Å²) in [5.41, 5.74) is 9.24. The zero-order valence-electron chi connectivity index (χ0n) is 17.3. The van der Waals surface area contributed by atoms with E-state index in [1.165, 1.54) is 11.1 Å². The molecule has 0 saturated carbocycles. The maximum atomic E-state index is 9.55. The number of nitrogen functional groups attached to an aromatic ring is 1. The van der Waals surface area contributed by atoms with Crippen LogP contribution in [-0.2, 0) is 22.6 Å². The van der Waals surface area contributed by atoms with Crippen molar-refractivity contribution in [2.75, 3.05) is 19.1 Å². The fraction of sp³-hybridized carbons (Fsp3) is 0.318. The molecule has 1 aliphatic rings. The third-order valence-corrected chi connectivity index (χ3v) is 4.21. The van der Waals surface area contributed by atoms with Gasteiger partial charge in [0.1, 0.15) is 5.82 Å². The number of unbranched alkanes of at least 4 members (excludes halogenated alkanes) is 1. The summed E-state index contributed by atoms with van der Waals surface area (Å²) < 4.78 is 10.7. The standard InChI is InChI=1S/C18H23N3O2.C4H4O4/c1-13-8-15(21-18(19)9-13)4-2-3-7-20-11-14-5-6-16-17(10-14)23-12-22-16;5-3(6)1-2-4(7)8/h5-6,8-10,20H,2-4,7,11-12H2,1H3,(H2,19,21);1-2H,(H,5,6)(H,7,8). The molecule has 5 N–H and O–H groups in total. The highest BCUT2D eigenvalue weighted by Crippen LogP contribution is 2.32. The molecular weight excluding hydrogens is 402 g/mol. The Labute approximate surface area is 180 Å². The number of carboxylic acid groups (broad SMARTS) is 2. The lowest BCUT2D eigenvalue weighted by atomic mass is 10.1. The molecule has 9 nitrogen and oxygen atoms in total. The lowest BCUT2D eigenvalue weighted by molar-refractivity contribution is -0.134. The number of nitrogens with one attached hydrogen (secondary N) is 1. The summed E-state index contributed by atoms with van der Waals surface area (Å²) in [5, 5.41) is 19.1. The van der Waals surface area contributed by atoms with Gasteiger partial charge in [-0.15, -0.1) is 0 Å². The Kier molecular flexibility index (Phi) is 9.31. The Balaban J connectivity index is 0.000000366. The van der Waals surface area contributed by atoms with E-state index < -0.39 is 11.9 Å². The third kappa shape index (κ3) is 9.18. The van der Waals surface area contributed by atoms with Crippen LogP contribution in [0.4, 0.5) is 5.82 Å². The predicted molar refractivity (Wildman–Crippen MR) is 115 cm³/mol. The van der Waals surface area contributed by atoms with Gasteiger partial charge in [-0.3, -0.25) is 0 Å². The van der Waals surface area contributed by atoms with Crippen molar-refractivity contribution in [3.63, 3.8) is 0 Å². The zero-order valence-corrected chi connectivity index (χ0v) is 17.3. The Morgan fingerprint density at radius 2 is 1.81 bits per heavy atom. The van der Waals surface area contributed by atoms with E-state index >= 15 is 0 Å². The summed E-state index contributed by atoms with van der Waals surface area (Å²) >= 11 is 0. The van der Waals surface area contributed by atoms with E-state index in [1.54, 1.807) is 0 Å². The number of hydrogen-bond acceptors (Lipinski definition) is 7. The molecule has 0 aliphatic carbocycles. The molecule has 166 valence electrons. The predicted octanol–water partition coefficient (Wildman–Crippen LogP) is 2.53. The van der Waals surface area contributed by atoms with Crippen molar-refractivity contribution < 1.29 is 29.3 Å². The number of benzene rings is 1. The second-order valence-electron chi connectivity index (χ2n) is 6.89. The SMILES string of the molecule is Cc1cc(N)nc(CCCCNCc2ccc3c(c2)OCO3)c1.O=C(O)C=CC(=O)O. The van der Waals surface area contributed by atoms with Crippen LogP contribution >= 0.6 is 0 Å². The molecule has 1 aromatic heterocycles. The quantitative estimate of drug-likeness (QED) is 0.349. The normalized spacial score (nSPS) is 11.8. The number of ether oxygens (including phenoxy) is 2. The topological polar surface area (TPSA) is 144 Å². The molecule has 1 aromatic carbocycles. The molecule has 0 bridgehead atoms. The van der Waals surface area contributed by atoms with Crippen molar-refractivity contribution >= 4 is 17.8 Å². The third-order valence-electron chi connectivity index (χ3n) is 4.21. The minimum absolute atomic E-state index is 0.323. The first-order chi connectivity index (χ1) is 14.8. The van der Waals surface area contributed by atoms with E-state index in [0.29, 0.717) is 24.8 Å². The number of nitrogens with zero attached hydrogens (tertiary/aromatic N) is 1. The molecule has 0 fully saturated rings. The number of carbonyl (C=O) groups is 2. The van der Waals surface area contributed by atoms with Gasteiger partial charge in [0.25, 0.3) is 0 Å². The average Bonchev–Trinajstić information content (AvgIpc) is 3.17. The van der Waals surface area contributed by atoms with Gasteiger partial charge in [-0.25, -0.2) is 14.6 Å². The minimum Gasteiger partial charge on any atom is -0.478 e. The molecule has 0 radical (unpaired) electrons. The lowest BCUT2D eigenvalue weighted by Crippen LogP contribution is -2.14. The molecule has 0 spiro atoms. The highest BCUT2D eigenvalue weighted by Gasteiger charge is 2.12. The molecule has 0 saturated heterocycles. The Hall–Kier alpha value is -3.59. The van der Waals surface area contributed by atoms with Crippen molar-refractivity contribution in [1.82, 2.24) is 10.3 Å². The maximum absolute atomic E-state index is 9.55. The molecule has 0 unspecified atom stereocenters. The van der Waals surface area contributed by atoms with Crippen LogP contribution in [0.15, 0.2) is 42.5 Å². The van der Waals surface area contributed by atoms with Crippen LogP contribution in [0.2, 0.25) is 0 Å². The zero-order chi connectivity index (χ0) is 22.6. The van der Waals surface area contributed by atoms with Gasteiger partial charge in [0.15, 0.2) is 11.5 Å². The molecule has 1 aliphatic heterocycles. The van der Waals surface area contributed by atoms with Crippen LogP contribution in [0, 0.1) is 6.92 Å². The second-order valence-corrected chi connectivity index (χ2v) is 6.89. The molecule has 3 rings (SSSR count). The average molecular weight is 429 g/mol. The fourth-order valence-corrected chi connectivity index (χ4v) is 2.88. The molecule has 31 heavy (non-hydrogen) atoms. The smallest absolute Gasteiger partial charge is 0.328 e. The van der Waals surface area contributed by atoms with Crippen molar-refractivity contribution in [3.8, 4) is 11.5 Å². The van der Waals surface area contributed by atoms with Gasteiger partial charge in [-0.2, -0.15) is 0 Å². The lowest BCUT2D eigenvalue weighted by Gasteiger charge is -2.07. The maximum Gasteiger partial charge on any atom is 0.328 e. The molecule has 9 heteroatoms. The Morgan fingerprint density at radius 1 is 1.10 bits per heavy atom. The van der Waals surface area contributed by atoms with Crippen LogP contribution < -0.4 is 20.5 Å². The summed E-state index contributed by atoms with van der Waals surface area (Å²) in [6, 6.07) is 10.1. The number of nitrogens with two attached hydrogens (primary N) is 1. The van der Waals surface area contributed by atoms with Gasteiger partial charge in [-0.1, -0.05) is 6.07 Å². The first-order valence-corrected chi connectivity index (χ1v) is 9.79. The largest absolute Gasteiger partial charge is 0.478 e. The Bertz CT molecular complexity index is 893. The number of carboxylic acids is 2. The van der Waals surface area contributed by atoms with Gasteiger partial charge < -0.3 is 30.7 Å². The number of fused-ring (bicyclic) bond motifs is 1. The van der Waals surface area contributed by atoms with E-state index in [-0.39, 0.29) is 0 Å². The van der Waals surface area contributed by atoms with Crippen LogP contribution in [0.25, 0.3) is 0 Å². The van der Waals surface area contributed by atoms with Crippen molar-refractivity contribution in [3.05, 3.63) is 59.3 Å². The van der Waals surface area contributed by atoms with Crippen molar-refractivity contribution in [2.45, 2.75) is 32.7 Å². The second kappa shape index (κ2) is 12.2. The fourth-order valence-electron chi connectivity index (χ4n) is 2.88. The van der Waals surface area contributed by atoms with Crippen LogP contribution in [0.5, 0.6) is 11.5 Å². The molecular formula is C22H27N3O6. The summed E-state index contributed by atoms with van der Waals surface area (Å²) in [6.07, 6.45) is 4.30. The molecule has 0 amide bonds. The highest BCUT2D eigenvalue weighted by molar-refractivity contribution is 5.89. The van der Waals surface area contributed by atoms with E-state index in [9.17, 15) is 9.59 Å². The summed E-state index contributed by atoms with van der Waals surface area (Å²) in [5.74, 6) is -0.230. The van der Waals surface area contributed by atoms with Crippen molar-refractivity contribution in [1.29, 1.82) is 0 Å². The monoisotopic (exact) mass is 429 g/mol. The molecule has 0 atom stereocenters. The number of aromatic nitrogens is 1. The highest BCUT2D eigenvalue weighted by atomic mass is 16.7. The van der Waals surface area contributed by atoms with Gasteiger partial charge in [0.05, 0.1) is 0 Å². The summed E-state index contributed by atoms with van der Waals surface area (Å²) in [6.45, 7) is 4.19. The van der Waals surface area contributed by atoms with E-state index in [4.69, 9.17) is 25.4 Å². The van der Waals surface area contributed by atoms with Gasteiger partial charge in [0, 0.05) is 24.4 Å². The summed E-state index contributed by atoms with van der Waals surface area (Å²) in [7, 11) is 0. The number of rotatable bonds is 9. The van der Waals surface area contributed by atoms with Gasteiger partial charge in [0.2, 0.25) is 6.79 Å². The molecule has 2 aromatic rings. The van der Waals surface area contributed by atoms with E-state index in [2.05, 4.69) is 29.4 Å². The number of pyridine rings is 1. The Morgan fingerprint density at radius 3 is 2.48 bits per heavy atom. The van der Waals surface area contributed by atoms with E-state index in [0.717, 1.165) is 49.5 Å². The number of anilines is 1. The molecule has 2 heterocycles. The number of aliphatic carboxylic acids is 2. The van der Waals surface area contributed by atoms with Crippen LogP contribution in [-0.4, -0.2) is 40.5 Å². The minimum atomic E-state index is -1.26. The number of hydrogen-bond donors (Lipinski definition) is 4. The summed E-state index contributed by atoms with van der Waals surface area (Å²) in [4.78, 5) is 23.5. The number of aryl methyl sites for hydroxylation is 2.